The first-order valence-corrected chi connectivity index (χ1v) is 9.39. The van der Waals surface area contributed by atoms with Crippen LogP contribution in [0.3, 0.4) is 0 Å². The maximum Gasteiger partial charge on any atom is 0.252 e. The Morgan fingerprint density at radius 1 is 1.30 bits per heavy atom. The molecule has 0 unspecified atom stereocenters. The van der Waals surface area contributed by atoms with Gasteiger partial charge in [-0.2, -0.15) is 11.3 Å². The van der Waals surface area contributed by atoms with E-state index in [0.717, 1.165) is 0 Å². The molecule has 0 aliphatic rings. The van der Waals surface area contributed by atoms with Crippen molar-refractivity contribution in [2.45, 2.75) is 19.8 Å². The second-order valence-corrected chi connectivity index (χ2v) is 6.71. The molecule has 0 aliphatic heterocycles. The number of anilines is 1. The molecule has 27 heavy (non-hydrogen) atoms. The second kappa shape index (κ2) is 8.59. The summed E-state index contributed by atoms with van der Waals surface area (Å²) < 4.78 is 16.0. The van der Waals surface area contributed by atoms with Crippen LogP contribution in [0, 0.1) is 12.7 Å². The molecule has 3 aromatic rings. The van der Waals surface area contributed by atoms with E-state index in [1.807, 2.05) is 5.38 Å². The van der Waals surface area contributed by atoms with Gasteiger partial charge in [0.25, 0.3) is 5.91 Å². The van der Waals surface area contributed by atoms with Gasteiger partial charge in [0.2, 0.25) is 5.91 Å². The van der Waals surface area contributed by atoms with Crippen LogP contribution in [0.2, 0.25) is 0 Å². The first kappa shape index (κ1) is 18.8. The fraction of sp³-hybridized carbons (Fsp3) is 0.211. The van der Waals surface area contributed by atoms with Crippen LogP contribution < -0.4 is 10.6 Å². The molecule has 0 saturated carbocycles. The lowest BCUT2D eigenvalue weighted by molar-refractivity contribution is -0.116. The Kier molecular flexibility index (Phi) is 5.97. The minimum Gasteiger partial charge on any atom is -0.352 e. The predicted molar refractivity (Wildman–Crippen MR) is 103 cm³/mol. The highest BCUT2D eigenvalue weighted by Gasteiger charge is 2.10. The number of nitrogens with one attached hydrogen (secondary N) is 2. The lowest BCUT2D eigenvalue weighted by Gasteiger charge is -2.10. The minimum atomic E-state index is -0.447. The Hall–Kier alpha value is -3.00. The van der Waals surface area contributed by atoms with Crippen molar-refractivity contribution in [1.82, 2.24) is 14.9 Å². The van der Waals surface area contributed by atoms with Crippen molar-refractivity contribution in [2.24, 2.45) is 0 Å². The predicted octanol–water partition coefficient (Wildman–Crippen LogP) is 3.53. The average Bonchev–Trinajstić information content (AvgIpc) is 3.31. The van der Waals surface area contributed by atoms with E-state index in [1.165, 1.54) is 17.4 Å². The number of aryl methyl sites for hydroxylation is 1. The topological polar surface area (TPSA) is 76.0 Å². The maximum atomic E-state index is 14.3. The highest BCUT2D eigenvalue weighted by atomic mass is 32.1. The quantitative estimate of drug-likeness (QED) is 0.610. The summed E-state index contributed by atoms with van der Waals surface area (Å²) in [6, 6.07) is 6.27. The van der Waals surface area contributed by atoms with Gasteiger partial charge in [-0.1, -0.05) is 0 Å². The van der Waals surface area contributed by atoms with E-state index in [0.29, 0.717) is 35.7 Å². The van der Waals surface area contributed by atoms with E-state index in [4.69, 9.17) is 0 Å². The number of carbonyl (C=O) groups excluding carboxylic acids is 2. The maximum absolute atomic E-state index is 14.3. The summed E-state index contributed by atoms with van der Waals surface area (Å²) >= 11 is 1.45. The number of nitrogens with zero attached hydrogens (tertiary/aromatic N) is 2. The molecule has 0 saturated heterocycles. The molecule has 0 aliphatic carbocycles. The number of carbonyl (C=O) groups is 2. The first-order chi connectivity index (χ1) is 13.0. The SMILES string of the molecule is Cc1nccn1-c1ccc(NC(=O)CCCNC(=O)c2ccsc2)cc1F. The van der Waals surface area contributed by atoms with Gasteiger partial charge < -0.3 is 15.2 Å². The molecule has 140 valence electrons. The van der Waals surface area contributed by atoms with Gasteiger partial charge in [-0.15, -0.1) is 0 Å². The Balaban J connectivity index is 1.47. The number of imidazole rings is 1. The summed E-state index contributed by atoms with van der Waals surface area (Å²) in [5.41, 5.74) is 1.38. The van der Waals surface area contributed by atoms with Gasteiger partial charge in [-0.25, -0.2) is 9.37 Å². The van der Waals surface area contributed by atoms with Crippen molar-refractivity contribution in [3.63, 3.8) is 0 Å². The molecule has 0 radical (unpaired) electrons. The monoisotopic (exact) mass is 386 g/mol. The molecule has 3 rings (SSSR count). The third-order valence-electron chi connectivity index (χ3n) is 3.97. The molecule has 2 aromatic heterocycles. The van der Waals surface area contributed by atoms with Crippen molar-refractivity contribution in [3.8, 4) is 5.69 Å². The summed E-state index contributed by atoms with van der Waals surface area (Å²) in [5.74, 6) is -0.151. The number of hydrogen-bond donors (Lipinski definition) is 2. The van der Waals surface area contributed by atoms with Crippen LogP contribution in [-0.2, 0) is 4.79 Å². The van der Waals surface area contributed by atoms with Crippen molar-refractivity contribution in [2.75, 3.05) is 11.9 Å². The van der Waals surface area contributed by atoms with Crippen LogP contribution in [0.1, 0.15) is 29.0 Å². The molecule has 2 N–H and O–H groups in total. The minimum absolute atomic E-state index is 0.149. The van der Waals surface area contributed by atoms with Gasteiger partial charge >= 0.3 is 0 Å². The van der Waals surface area contributed by atoms with Crippen LogP contribution in [0.15, 0.2) is 47.4 Å². The van der Waals surface area contributed by atoms with Crippen LogP contribution in [0.25, 0.3) is 5.69 Å². The van der Waals surface area contributed by atoms with Crippen LogP contribution in [0.4, 0.5) is 10.1 Å². The number of thiophene rings is 1. The lowest BCUT2D eigenvalue weighted by Crippen LogP contribution is -2.25. The number of rotatable bonds is 7. The molecular formula is C19H19FN4O2S. The number of aromatic nitrogens is 2. The molecule has 0 atom stereocenters. The molecule has 8 heteroatoms. The Labute approximate surface area is 160 Å². The third-order valence-corrected chi connectivity index (χ3v) is 4.65. The van der Waals surface area contributed by atoms with Crippen molar-refractivity contribution < 1.29 is 14.0 Å². The number of halogens is 1. The van der Waals surface area contributed by atoms with Gasteiger partial charge in [0.15, 0.2) is 0 Å². The molecule has 2 amide bonds. The number of amides is 2. The van der Waals surface area contributed by atoms with Gasteiger partial charge in [0, 0.05) is 42.0 Å². The van der Waals surface area contributed by atoms with E-state index in [-0.39, 0.29) is 18.2 Å². The number of hydrogen-bond acceptors (Lipinski definition) is 4. The van der Waals surface area contributed by atoms with Crippen molar-refractivity contribution in [1.29, 1.82) is 0 Å². The fourth-order valence-corrected chi connectivity index (χ4v) is 3.22. The van der Waals surface area contributed by atoms with Gasteiger partial charge in [0.1, 0.15) is 11.6 Å². The van der Waals surface area contributed by atoms with E-state index in [2.05, 4.69) is 15.6 Å². The fourth-order valence-electron chi connectivity index (χ4n) is 2.58. The average molecular weight is 386 g/mol. The van der Waals surface area contributed by atoms with E-state index in [1.54, 1.807) is 47.5 Å². The molecule has 0 bridgehead atoms. The molecular weight excluding hydrogens is 367 g/mol. The lowest BCUT2D eigenvalue weighted by atomic mass is 10.2. The molecule has 2 heterocycles. The smallest absolute Gasteiger partial charge is 0.252 e. The summed E-state index contributed by atoms with van der Waals surface area (Å²) in [6.07, 6.45) is 4.00. The Bertz CT molecular complexity index is 937. The van der Waals surface area contributed by atoms with E-state index in [9.17, 15) is 14.0 Å². The standard InChI is InChI=1S/C19H19FN4O2S/c1-13-21-8-9-24(13)17-5-4-15(11-16(17)20)23-18(25)3-2-7-22-19(26)14-6-10-27-12-14/h4-6,8-12H,2-3,7H2,1H3,(H,22,26)(H,23,25). The summed E-state index contributed by atoms with van der Waals surface area (Å²) in [7, 11) is 0. The summed E-state index contributed by atoms with van der Waals surface area (Å²) in [5, 5.41) is 9.04. The van der Waals surface area contributed by atoms with Gasteiger partial charge in [-0.05, 0) is 43.0 Å². The number of benzene rings is 1. The second-order valence-electron chi connectivity index (χ2n) is 5.93. The van der Waals surface area contributed by atoms with Gasteiger partial charge in [0.05, 0.1) is 5.69 Å². The van der Waals surface area contributed by atoms with Crippen molar-refractivity contribution >= 4 is 28.8 Å². The Morgan fingerprint density at radius 3 is 2.81 bits per heavy atom. The highest BCUT2D eigenvalue weighted by Crippen LogP contribution is 2.19. The largest absolute Gasteiger partial charge is 0.352 e. The third kappa shape index (κ3) is 4.79. The summed E-state index contributed by atoms with van der Waals surface area (Å²) in [4.78, 5) is 27.9. The van der Waals surface area contributed by atoms with Crippen LogP contribution in [-0.4, -0.2) is 27.9 Å². The highest BCUT2D eigenvalue weighted by molar-refractivity contribution is 7.08. The van der Waals surface area contributed by atoms with Crippen LogP contribution in [0.5, 0.6) is 0 Å². The normalized spacial score (nSPS) is 10.6. The van der Waals surface area contributed by atoms with E-state index < -0.39 is 5.82 Å². The van der Waals surface area contributed by atoms with E-state index >= 15 is 0 Å². The van der Waals surface area contributed by atoms with Crippen LogP contribution >= 0.6 is 11.3 Å². The zero-order valence-corrected chi connectivity index (χ0v) is 15.6. The zero-order valence-electron chi connectivity index (χ0n) is 14.7. The Morgan fingerprint density at radius 2 is 2.15 bits per heavy atom. The van der Waals surface area contributed by atoms with Crippen molar-refractivity contribution in [3.05, 3.63) is 64.6 Å². The molecule has 1 aromatic carbocycles. The first-order valence-electron chi connectivity index (χ1n) is 8.45. The summed E-state index contributed by atoms with van der Waals surface area (Å²) in [6.45, 7) is 2.18. The molecule has 6 nitrogen and oxygen atoms in total. The molecule has 0 fully saturated rings. The van der Waals surface area contributed by atoms with Gasteiger partial charge in [-0.3, -0.25) is 9.59 Å². The zero-order chi connectivity index (χ0) is 19.2. The molecule has 0 spiro atoms.